The number of hydrogen-bond donors (Lipinski definition) is 2. The maximum absolute atomic E-state index is 12.1. The van der Waals surface area contributed by atoms with E-state index in [-0.39, 0.29) is 24.3 Å². The van der Waals surface area contributed by atoms with Crippen LogP contribution in [0.15, 0.2) is 42.5 Å². The Morgan fingerprint density at radius 2 is 1.86 bits per heavy atom. The van der Waals surface area contributed by atoms with E-state index in [0.717, 1.165) is 24.2 Å². The summed E-state index contributed by atoms with van der Waals surface area (Å²) < 4.78 is 5.52. The minimum absolute atomic E-state index is 0.130. The van der Waals surface area contributed by atoms with Gasteiger partial charge in [0.2, 0.25) is 11.8 Å². The molecule has 0 radical (unpaired) electrons. The molecular formula is C21H23N3O4. The van der Waals surface area contributed by atoms with Gasteiger partial charge in [-0.05, 0) is 61.4 Å². The van der Waals surface area contributed by atoms with Crippen molar-refractivity contribution in [2.24, 2.45) is 0 Å². The third-order valence-corrected chi connectivity index (χ3v) is 4.41. The van der Waals surface area contributed by atoms with Crippen LogP contribution in [-0.4, -0.2) is 30.9 Å². The first-order valence-corrected chi connectivity index (χ1v) is 9.14. The highest BCUT2D eigenvalue weighted by Gasteiger charge is 2.21. The van der Waals surface area contributed by atoms with Crippen molar-refractivity contribution in [2.45, 2.75) is 26.7 Å². The molecule has 7 heteroatoms. The Morgan fingerprint density at radius 1 is 1.11 bits per heavy atom. The molecule has 2 aromatic carbocycles. The van der Waals surface area contributed by atoms with Gasteiger partial charge in [-0.15, -0.1) is 0 Å². The van der Waals surface area contributed by atoms with Gasteiger partial charge >= 0.3 is 0 Å². The molecule has 7 nitrogen and oxygen atoms in total. The van der Waals surface area contributed by atoms with Gasteiger partial charge in [0.25, 0.3) is 5.91 Å². The molecule has 0 atom stereocenters. The zero-order valence-corrected chi connectivity index (χ0v) is 16.0. The number of anilines is 3. The standard InChI is InChI=1S/C21H23N3O4/c1-14-12-16(5-10-19(14)22-15(2)25)23-20(26)13-28-18-8-6-17(7-9-18)24-11-3-4-21(24)27/h5-10,12H,3-4,11,13H2,1-2H3,(H,22,25)(H,23,26). The molecule has 1 fully saturated rings. The molecule has 3 amide bonds. The number of ether oxygens (including phenoxy) is 1. The topological polar surface area (TPSA) is 87.7 Å². The van der Waals surface area contributed by atoms with Gasteiger partial charge < -0.3 is 20.3 Å². The van der Waals surface area contributed by atoms with Gasteiger partial charge in [-0.2, -0.15) is 0 Å². The van der Waals surface area contributed by atoms with Crippen LogP contribution in [0.4, 0.5) is 17.1 Å². The van der Waals surface area contributed by atoms with Crippen molar-refractivity contribution in [3.8, 4) is 5.75 Å². The third kappa shape index (κ3) is 4.88. The minimum Gasteiger partial charge on any atom is -0.484 e. The van der Waals surface area contributed by atoms with Gasteiger partial charge in [-0.1, -0.05) is 0 Å². The van der Waals surface area contributed by atoms with E-state index in [1.807, 2.05) is 19.1 Å². The quantitative estimate of drug-likeness (QED) is 0.805. The zero-order valence-electron chi connectivity index (χ0n) is 16.0. The average molecular weight is 381 g/mol. The summed E-state index contributed by atoms with van der Waals surface area (Å²) >= 11 is 0. The molecule has 28 heavy (non-hydrogen) atoms. The van der Waals surface area contributed by atoms with Gasteiger partial charge in [0, 0.05) is 37.0 Å². The Morgan fingerprint density at radius 3 is 2.46 bits per heavy atom. The molecule has 0 spiro atoms. The average Bonchev–Trinajstić information content (AvgIpc) is 3.08. The lowest BCUT2D eigenvalue weighted by Crippen LogP contribution is -2.23. The van der Waals surface area contributed by atoms with E-state index in [2.05, 4.69) is 10.6 Å². The number of carbonyl (C=O) groups excluding carboxylic acids is 3. The Labute approximate surface area is 163 Å². The molecule has 3 rings (SSSR count). The molecule has 0 unspecified atom stereocenters. The van der Waals surface area contributed by atoms with Gasteiger partial charge in [-0.3, -0.25) is 14.4 Å². The summed E-state index contributed by atoms with van der Waals surface area (Å²) in [6.45, 7) is 3.90. The van der Waals surface area contributed by atoms with Gasteiger partial charge in [0.05, 0.1) is 0 Å². The number of carbonyl (C=O) groups is 3. The molecule has 0 bridgehead atoms. The highest BCUT2D eigenvalue weighted by atomic mass is 16.5. The summed E-state index contributed by atoms with van der Waals surface area (Å²) in [7, 11) is 0. The molecule has 1 aliphatic heterocycles. The first-order chi connectivity index (χ1) is 13.4. The number of rotatable bonds is 6. The molecule has 2 N–H and O–H groups in total. The summed E-state index contributed by atoms with van der Waals surface area (Å²) in [4.78, 5) is 36.8. The molecule has 146 valence electrons. The van der Waals surface area contributed by atoms with Crippen molar-refractivity contribution < 1.29 is 19.1 Å². The van der Waals surface area contributed by atoms with Gasteiger partial charge in [0.1, 0.15) is 5.75 Å². The molecule has 0 aromatic heterocycles. The minimum atomic E-state index is -0.287. The van der Waals surface area contributed by atoms with Crippen LogP contribution in [0, 0.1) is 6.92 Å². The van der Waals surface area contributed by atoms with Crippen LogP contribution < -0.4 is 20.3 Å². The molecule has 1 heterocycles. The normalized spacial score (nSPS) is 13.4. The van der Waals surface area contributed by atoms with Crippen molar-refractivity contribution in [1.82, 2.24) is 0 Å². The Balaban J connectivity index is 1.52. The van der Waals surface area contributed by atoms with E-state index in [9.17, 15) is 14.4 Å². The van der Waals surface area contributed by atoms with E-state index in [1.165, 1.54) is 6.92 Å². The van der Waals surface area contributed by atoms with Crippen LogP contribution in [0.25, 0.3) is 0 Å². The molecule has 1 aliphatic rings. The van der Waals surface area contributed by atoms with E-state index >= 15 is 0 Å². The van der Waals surface area contributed by atoms with E-state index in [0.29, 0.717) is 23.5 Å². The van der Waals surface area contributed by atoms with Crippen LogP contribution in [-0.2, 0) is 14.4 Å². The van der Waals surface area contributed by atoms with Crippen LogP contribution in [0.5, 0.6) is 5.75 Å². The molecule has 0 aliphatic carbocycles. The lowest BCUT2D eigenvalue weighted by Gasteiger charge is -2.16. The van der Waals surface area contributed by atoms with Crippen molar-refractivity contribution >= 4 is 34.8 Å². The summed E-state index contributed by atoms with van der Waals surface area (Å²) in [6.07, 6.45) is 1.46. The summed E-state index contributed by atoms with van der Waals surface area (Å²) in [5, 5.41) is 5.49. The van der Waals surface area contributed by atoms with E-state index < -0.39 is 0 Å². The highest BCUT2D eigenvalue weighted by molar-refractivity contribution is 5.95. The number of amides is 3. The van der Waals surface area contributed by atoms with Crippen LogP contribution in [0.2, 0.25) is 0 Å². The van der Waals surface area contributed by atoms with Crippen molar-refractivity contribution in [3.63, 3.8) is 0 Å². The third-order valence-electron chi connectivity index (χ3n) is 4.41. The fourth-order valence-corrected chi connectivity index (χ4v) is 3.06. The second kappa shape index (κ2) is 8.56. The monoisotopic (exact) mass is 381 g/mol. The lowest BCUT2D eigenvalue weighted by atomic mass is 10.1. The summed E-state index contributed by atoms with van der Waals surface area (Å²) in [6, 6.07) is 12.4. The Hall–Kier alpha value is -3.35. The van der Waals surface area contributed by atoms with Crippen LogP contribution >= 0.6 is 0 Å². The van der Waals surface area contributed by atoms with Crippen LogP contribution in [0.3, 0.4) is 0 Å². The Bertz CT molecular complexity index is 893. The fourth-order valence-electron chi connectivity index (χ4n) is 3.06. The van der Waals surface area contributed by atoms with Crippen molar-refractivity contribution in [3.05, 3.63) is 48.0 Å². The largest absolute Gasteiger partial charge is 0.484 e. The number of nitrogens with zero attached hydrogens (tertiary/aromatic N) is 1. The molecule has 1 saturated heterocycles. The predicted octanol–water partition coefficient (Wildman–Crippen LogP) is 3.10. The number of aryl methyl sites for hydroxylation is 1. The molecular weight excluding hydrogens is 358 g/mol. The molecule has 2 aromatic rings. The number of benzene rings is 2. The highest BCUT2D eigenvalue weighted by Crippen LogP contribution is 2.24. The Kier molecular flexibility index (Phi) is 5.93. The SMILES string of the molecule is CC(=O)Nc1ccc(NC(=O)COc2ccc(N3CCCC3=O)cc2)cc1C. The van der Waals surface area contributed by atoms with Gasteiger partial charge in [-0.25, -0.2) is 0 Å². The second-order valence-corrected chi connectivity index (χ2v) is 6.69. The summed E-state index contributed by atoms with van der Waals surface area (Å²) in [5.74, 6) is 0.259. The van der Waals surface area contributed by atoms with E-state index in [4.69, 9.17) is 4.74 Å². The first-order valence-electron chi connectivity index (χ1n) is 9.14. The predicted molar refractivity (Wildman–Crippen MR) is 108 cm³/mol. The number of hydrogen-bond acceptors (Lipinski definition) is 4. The maximum Gasteiger partial charge on any atom is 0.262 e. The van der Waals surface area contributed by atoms with E-state index in [1.54, 1.807) is 35.2 Å². The van der Waals surface area contributed by atoms with Crippen molar-refractivity contribution in [1.29, 1.82) is 0 Å². The smallest absolute Gasteiger partial charge is 0.262 e. The number of nitrogens with one attached hydrogen (secondary N) is 2. The van der Waals surface area contributed by atoms with Crippen molar-refractivity contribution in [2.75, 3.05) is 28.7 Å². The lowest BCUT2D eigenvalue weighted by molar-refractivity contribution is -0.118. The maximum atomic E-state index is 12.1. The zero-order chi connectivity index (χ0) is 20.1. The molecule has 0 saturated carbocycles. The summed E-state index contributed by atoms with van der Waals surface area (Å²) in [5.41, 5.74) is 3.02. The second-order valence-electron chi connectivity index (χ2n) is 6.69. The van der Waals surface area contributed by atoms with Gasteiger partial charge in [0.15, 0.2) is 6.61 Å². The van der Waals surface area contributed by atoms with Crippen LogP contribution in [0.1, 0.15) is 25.3 Å². The fraction of sp³-hybridized carbons (Fsp3) is 0.286. The first kappa shape index (κ1) is 19.4.